The van der Waals surface area contributed by atoms with Crippen molar-refractivity contribution in [2.24, 2.45) is 5.73 Å². The van der Waals surface area contributed by atoms with E-state index in [0.717, 1.165) is 4.90 Å². The van der Waals surface area contributed by atoms with Gasteiger partial charge in [0.2, 0.25) is 0 Å². The molecule has 0 fully saturated rings. The predicted octanol–water partition coefficient (Wildman–Crippen LogP) is 1.37. The largest absolute Gasteiger partial charge is 0.405 e. The summed E-state index contributed by atoms with van der Waals surface area (Å²) < 4.78 is 36.7. The third kappa shape index (κ3) is 3.54. The molecule has 0 radical (unpaired) electrons. The van der Waals surface area contributed by atoms with Gasteiger partial charge in [-0.1, -0.05) is 0 Å². The van der Waals surface area contributed by atoms with Gasteiger partial charge in [0.1, 0.15) is 6.54 Å². The summed E-state index contributed by atoms with van der Waals surface area (Å²) in [5.41, 5.74) is 10.9. The van der Waals surface area contributed by atoms with E-state index in [1.807, 2.05) is 0 Å². The molecule has 0 aliphatic heterocycles. The van der Waals surface area contributed by atoms with Gasteiger partial charge in [-0.2, -0.15) is 13.2 Å². The highest BCUT2D eigenvalue weighted by Crippen LogP contribution is 2.25. The second kappa shape index (κ2) is 4.52. The number of benzene rings is 1. The molecule has 0 aliphatic carbocycles. The van der Waals surface area contributed by atoms with Gasteiger partial charge in [0, 0.05) is 18.4 Å². The summed E-state index contributed by atoms with van der Waals surface area (Å²) in [5, 5.41) is 0. The smallest absolute Gasteiger partial charge is 0.399 e. The molecule has 0 aromatic heterocycles. The molecule has 94 valence electrons. The minimum Gasteiger partial charge on any atom is -0.399 e. The van der Waals surface area contributed by atoms with Gasteiger partial charge in [0.15, 0.2) is 0 Å². The number of rotatable bonds is 3. The fourth-order valence-corrected chi connectivity index (χ4v) is 1.44. The van der Waals surface area contributed by atoms with Crippen LogP contribution in [0.4, 0.5) is 24.5 Å². The molecule has 0 aliphatic rings. The molecule has 4 N–H and O–H groups in total. The maximum Gasteiger partial charge on any atom is 0.405 e. The first-order valence-corrected chi connectivity index (χ1v) is 4.68. The molecule has 7 heteroatoms. The lowest BCUT2D eigenvalue weighted by Gasteiger charge is -2.23. The molecule has 0 bridgehead atoms. The molecule has 0 saturated carbocycles. The molecule has 0 spiro atoms. The van der Waals surface area contributed by atoms with Crippen molar-refractivity contribution in [2.75, 3.05) is 24.2 Å². The summed E-state index contributed by atoms with van der Waals surface area (Å²) in [6.07, 6.45) is -4.36. The molecule has 1 aromatic carbocycles. The lowest BCUT2D eigenvalue weighted by atomic mass is 10.1. The monoisotopic (exact) mass is 247 g/mol. The van der Waals surface area contributed by atoms with Crippen molar-refractivity contribution in [3.05, 3.63) is 23.8 Å². The first-order chi connectivity index (χ1) is 7.70. The van der Waals surface area contributed by atoms with Gasteiger partial charge in [-0.05, 0) is 18.2 Å². The molecule has 0 unspecified atom stereocenters. The lowest BCUT2D eigenvalue weighted by molar-refractivity contribution is -0.119. The highest BCUT2D eigenvalue weighted by Gasteiger charge is 2.30. The van der Waals surface area contributed by atoms with Crippen molar-refractivity contribution in [2.45, 2.75) is 6.18 Å². The Kier molecular flexibility index (Phi) is 3.50. The highest BCUT2D eigenvalue weighted by molar-refractivity contribution is 5.99. The maximum absolute atomic E-state index is 12.2. The number of alkyl halides is 3. The summed E-state index contributed by atoms with van der Waals surface area (Å²) >= 11 is 0. The fourth-order valence-electron chi connectivity index (χ4n) is 1.44. The zero-order valence-electron chi connectivity index (χ0n) is 9.08. The van der Waals surface area contributed by atoms with E-state index in [2.05, 4.69) is 0 Å². The summed E-state index contributed by atoms with van der Waals surface area (Å²) in [7, 11) is 1.23. The number of anilines is 2. The van der Waals surface area contributed by atoms with E-state index < -0.39 is 18.6 Å². The average Bonchev–Trinajstić information content (AvgIpc) is 2.14. The van der Waals surface area contributed by atoms with Crippen LogP contribution < -0.4 is 16.4 Å². The Bertz CT molecular complexity index is 431. The standard InChI is InChI=1S/C10H12F3N3O/c1-16(5-10(11,12)13)8-3-2-6(14)4-7(8)9(15)17/h2-4H,5,14H2,1H3,(H2,15,17). The van der Waals surface area contributed by atoms with Gasteiger partial charge < -0.3 is 16.4 Å². The van der Waals surface area contributed by atoms with E-state index in [1.54, 1.807) is 0 Å². The first-order valence-electron chi connectivity index (χ1n) is 4.68. The van der Waals surface area contributed by atoms with Crippen LogP contribution in [0.3, 0.4) is 0 Å². The number of nitrogens with two attached hydrogens (primary N) is 2. The first kappa shape index (κ1) is 13.1. The number of nitrogens with zero attached hydrogens (tertiary/aromatic N) is 1. The summed E-state index contributed by atoms with van der Waals surface area (Å²) in [5.74, 6) is -0.818. The third-order valence-corrected chi connectivity index (χ3v) is 2.11. The van der Waals surface area contributed by atoms with E-state index in [-0.39, 0.29) is 16.9 Å². The minimum atomic E-state index is -4.36. The zero-order chi connectivity index (χ0) is 13.2. The average molecular weight is 247 g/mol. The molecule has 0 heterocycles. The van der Waals surface area contributed by atoms with E-state index >= 15 is 0 Å². The molecular weight excluding hydrogens is 235 g/mol. The number of carbonyl (C=O) groups is 1. The number of carbonyl (C=O) groups excluding carboxylic acids is 1. The van der Waals surface area contributed by atoms with Crippen LogP contribution in [0.5, 0.6) is 0 Å². The van der Waals surface area contributed by atoms with E-state index in [0.29, 0.717) is 0 Å². The Labute approximate surface area is 96.0 Å². The van der Waals surface area contributed by atoms with Crippen LogP contribution in [-0.4, -0.2) is 25.7 Å². The van der Waals surface area contributed by atoms with E-state index in [4.69, 9.17) is 11.5 Å². The molecule has 0 saturated heterocycles. The number of primary amides is 1. The maximum atomic E-state index is 12.2. The molecular formula is C10H12F3N3O. The number of amides is 1. The molecule has 4 nitrogen and oxygen atoms in total. The number of hydrogen-bond acceptors (Lipinski definition) is 3. The Hall–Kier alpha value is -1.92. The Balaban J connectivity index is 3.09. The Morgan fingerprint density at radius 1 is 1.41 bits per heavy atom. The van der Waals surface area contributed by atoms with Crippen LogP contribution in [0.15, 0.2) is 18.2 Å². The van der Waals surface area contributed by atoms with Crippen molar-refractivity contribution < 1.29 is 18.0 Å². The van der Waals surface area contributed by atoms with Crippen molar-refractivity contribution in [1.82, 2.24) is 0 Å². The number of halogens is 3. The van der Waals surface area contributed by atoms with Crippen LogP contribution in [0.1, 0.15) is 10.4 Å². The fraction of sp³-hybridized carbons (Fsp3) is 0.300. The molecule has 1 rings (SSSR count). The molecule has 1 amide bonds. The Morgan fingerprint density at radius 2 is 2.00 bits per heavy atom. The Morgan fingerprint density at radius 3 is 2.47 bits per heavy atom. The van der Waals surface area contributed by atoms with E-state index in [9.17, 15) is 18.0 Å². The van der Waals surface area contributed by atoms with Gasteiger partial charge >= 0.3 is 6.18 Å². The second-order valence-corrected chi connectivity index (χ2v) is 3.61. The van der Waals surface area contributed by atoms with Gasteiger partial charge in [-0.3, -0.25) is 4.79 Å². The van der Waals surface area contributed by atoms with Crippen LogP contribution in [-0.2, 0) is 0 Å². The van der Waals surface area contributed by atoms with Crippen LogP contribution in [0, 0.1) is 0 Å². The van der Waals surface area contributed by atoms with Crippen LogP contribution >= 0.6 is 0 Å². The van der Waals surface area contributed by atoms with Crippen molar-refractivity contribution in [3.63, 3.8) is 0 Å². The van der Waals surface area contributed by atoms with Crippen molar-refractivity contribution in [1.29, 1.82) is 0 Å². The predicted molar refractivity (Wildman–Crippen MR) is 58.7 cm³/mol. The van der Waals surface area contributed by atoms with Gasteiger partial charge in [0.25, 0.3) is 5.91 Å². The third-order valence-electron chi connectivity index (χ3n) is 2.11. The highest BCUT2D eigenvalue weighted by atomic mass is 19.4. The second-order valence-electron chi connectivity index (χ2n) is 3.61. The van der Waals surface area contributed by atoms with Crippen LogP contribution in [0.2, 0.25) is 0 Å². The molecule has 17 heavy (non-hydrogen) atoms. The van der Waals surface area contributed by atoms with Crippen LogP contribution in [0.25, 0.3) is 0 Å². The molecule has 0 atom stereocenters. The minimum absolute atomic E-state index is 0.0308. The van der Waals surface area contributed by atoms with Gasteiger partial charge in [-0.15, -0.1) is 0 Å². The normalized spacial score (nSPS) is 11.3. The van der Waals surface area contributed by atoms with Crippen molar-refractivity contribution in [3.8, 4) is 0 Å². The summed E-state index contributed by atoms with van der Waals surface area (Å²) in [6, 6.07) is 4.00. The number of nitrogen functional groups attached to an aromatic ring is 1. The van der Waals surface area contributed by atoms with E-state index in [1.165, 1.54) is 25.2 Å². The van der Waals surface area contributed by atoms with Gasteiger partial charge in [0.05, 0.1) is 5.56 Å². The summed E-state index contributed by atoms with van der Waals surface area (Å²) in [4.78, 5) is 12.0. The topological polar surface area (TPSA) is 72.3 Å². The summed E-state index contributed by atoms with van der Waals surface area (Å²) in [6.45, 7) is -1.17. The zero-order valence-corrected chi connectivity index (χ0v) is 9.08. The van der Waals surface area contributed by atoms with Gasteiger partial charge in [-0.25, -0.2) is 0 Å². The van der Waals surface area contributed by atoms with Crippen molar-refractivity contribution >= 4 is 17.3 Å². The lowest BCUT2D eigenvalue weighted by Crippen LogP contribution is -2.32. The SMILES string of the molecule is CN(CC(F)(F)F)c1ccc(N)cc1C(N)=O. The number of hydrogen-bond donors (Lipinski definition) is 2. The molecule has 1 aromatic rings. The quantitative estimate of drug-likeness (QED) is 0.792.